The van der Waals surface area contributed by atoms with E-state index in [0.29, 0.717) is 18.8 Å². The maximum Gasteiger partial charge on any atom is 0.304 e. The van der Waals surface area contributed by atoms with Crippen LogP contribution < -0.4 is 10.0 Å². The average Bonchev–Trinajstić information content (AvgIpc) is 2.47. The Morgan fingerprint density at radius 2 is 1.95 bits per heavy atom. The highest BCUT2D eigenvalue weighted by atomic mass is 32.2. The van der Waals surface area contributed by atoms with Crippen LogP contribution in [0.4, 0.5) is 5.69 Å². The second-order valence-corrected chi connectivity index (χ2v) is 7.21. The molecule has 1 aromatic rings. The SMILES string of the molecule is CC1CCCCN1S(=O)(=O)N(C)c1ccc(CN)cc1. The lowest BCUT2D eigenvalue weighted by molar-refractivity contribution is 0.268. The second-order valence-electron chi connectivity index (χ2n) is 5.30. The highest BCUT2D eigenvalue weighted by Crippen LogP contribution is 2.25. The van der Waals surface area contributed by atoms with E-state index in [4.69, 9.17) is 5.73 Å². The van der Waals surface area contributed by atoms with E-state index >= 15 is 0 Å². The molecule has 112 valence electrons. The molecule has 1 heterocycles. The van der Waals surface area contributed by atoms with E-state index in [2.05, 4.69) is 0 Å². The first kappa shape index (κ1) is 15.3. The van der Waals surface area contributed by atoms with Crippen molar-refractivity contribution in [2.45, 2.75) is 38.8 Å². The molecule has 6 heteroatoms. The summed E-state index contributed by atoms with van der Waals surface area (Å²) in [6.07, 6.45) is 2.96. The Kier molecular flexibility index (Phi) is 4.67. The number of piperidine rings is 1. The predicted molar refractivity (Wildman–Crippen MR) is 81.7 cm³/mol. The third-order valence-electron chi connectivity index (χ3n) is 3.92. The van der Waals surface area contributed by atoms with Crippen LogP contribution >= 0.6 is 0 Å². The first-order valence-electron chi connectivity index (χ1n) is 7.01. The highest BCUT2D eigenvalue weighted by Gasteiger charge is 2.32. The van der Waals surface area contributed by atoms with Gasteiger partial charge in [0, 0.05) is 26.2 Å². The number of nitrogens with zero attached hydrogens (tertiary/aromatic N) is 2. The van der Waals surface area contributed by atoms with E-state index < -0.39 is 10.2 Å². The minimum absolute atomic E-state index is 0.0690. The Morgan fingerprint density at radius 1 is 1.30 bits per heavy atom. The van der Waals surface area contributed by atoms with Crippen LogP contribution in [0.3, 0.4) is 0 Å². The lowest BCUT2D eigenvalue weighted by Crippen LogP contribution is -2.48. The molecule has 0 spiro atoms. The van der Waals surface area contributed by atoms with Crippen LogP contribution in [0.1, 0.15) is 31.7 Å². The number of benzene rings is 1. The van der Waals surface area contributed by atoms with Crippen LogP contribution in [-0.4, -0.2) is 32.4 Å². The van der Waals surface area contributed by atoms with Gasteiger partial charge in [0.1, 0.15) is 0 Å². The van der Waals surface area contributed by atoms with E-state index in [-0.39, 0.29) is 6.04 Å². The zero-order valence-corrected chi connectivity index (χ0v) is 12.9. The standard InChI is InChI=1S/C14H23N3O2S/c1-12-5-3-4-10-17(12)20(18,19)16(2)14-8-6-13(11-15)7-9-14/h6-9,12H,3-5,10-11,15H2,1-2H3. The van der Waals surface area contributed by atoms with Gasteiger partial charge in [-0.25, -0.2) is 0 Å². The van der Waals surface area contributed by atoms with Crippen molar-refractivity contribution in [2.75, 3.05) is 17.9 Å². The van der Waals surface area contributed by atoms with Gasteiger partial charge in [-0.15, -0.1) is 0 Å². The Balaban J connectivity index is 2.23. The van der Waals surface area contributed by atoms with Gasteiger partial charge in [-0.1, -0.05) is 18.6 Å². The van der Waals surface area contributed by atoms with E-state index in [1.807, 2.05) is 19.1 Å². The van der Waals surface area contributed by atoms with Gasteiger partial charge in [-0.05, 0) is 37.5 Å². The minimum Gasteiger partial charge on any atom is -0.326 e. The fraction of sp³-hybridized carbons (Fsp3) is 0.571. The van der Waals surface area contributed by atoms with Gasteiger partial charge in [0.05, 0.1) is 5.69 Å². The number of nitrogens with two attached hydrogens (primary N) is 1. The van der Waals surface area contributed by atoms with Crippen molar-refractivity contribution in [3.05, 3.63) is 29.8 Å². The normalized spacial score (nSPS) is 20.9. The summed E-state index contributed by atoms with van der Waals surface area (Å²) < 4.78 is 28.3. The highest BCUT2D eigenvalue weighted by molar-refractivity contribution is 7.90. The van der Waals surface area contributed by atoms with E-state index in [9.17, 15) is 8.42 Å². The van der Waals surface area contributed by atoms with Crippen LogP contribution in [0.2, 0.25) is 0 Å². The Morgan fingerprint density at radius 3 is 2.50 bits per heavy atom. The number of hydrogen-bond acceptors (Lipinski definition) is 3. The molecule has 1 unspecified atom stereocenters. The van der Waals surface area contributed by atoms with Crippen LogP contribution in [0.25, 0.3) is 0 Å². The molecule has 0 aliphatic carbocycles. The summed E-state index contributed by atoms with van der Waals surface area (Å²) in [6, 6.07) is 7.39. The van der Waals surface area contributed by atoms with Crippen LogP contribution in [0.5, 0.6) is 0 Å². The van der Waals surface area contributed by atoms with Crippen LogP contribution in [0.15, 0.2) is 24.3 Å². The molecule has 5 nitrogen and oxygen atoms in total. The molecule has 1 aliphatic heterocycles. The molecule has 0 bridgehead atoms. The van der Waals surface area contributed by atoms with Crippen molar-refractivity contribution in [1.29, 1.82) is 0 Å². The van der Waals surface area contributed by atoms with Crippen LogP contribution in [0, 0.1) is 0 Å². The monoisotopic (exact) mass is 297 g/mol. The first-order valence-corrected chi connectivity index (χ1v) is 8.41. The molecule has 0 radical (unpaired) electrons. The van der Waals surface area contributed by atoms with E-state index in [1.54, 1.807) is 23.5 Å². The molecule has 2 N–H and O–H groups in total. The third-order valence-corrected chi connectivity index (χ3v) is 5.96. The smallest absolute Gasteiger partial charge is 0.304 e. The summed E-state index contributed by atoms with van der Waals surface area (Å²) >= 11 is 0. The lowest BCUT2D eigenvalue weighted by atomic mass is 10.1. The van der Waals surface area contributed by atoms with Crippen molar-refractivity contribution in [3.63, 3.8) is 0 Å². The van der Waals surface area contributed by atoms with Crippen LogP contribution in [-0.2, 0) is 16.8 Å². The Labute approximate surface area is 121 Å². The molecular weight excluding hydrogens is 274 g/mol. The third kappa shape index (κ3) is 2.97. The van der Waals surface area contributed by atoms with Gasteiger partial charge in [0.15, 0.2) is 0 Å². The summed E-state index contributed by atoms with van der Waals surface area (Å²) in [7, 11) is -1.84. The number of anilines is 1. The molecule has 0 aromatic heterocycles. The predicted octanol–water partition coefficient (Wildman–Crippen LogP) is 1.70. The first-order chi connectivity index (χ1) is 9.46. The zero-order chi connectivity index (χ0) is 14.8. The van der Waals surface area contributed by atoms with Gasteiger partial charge in [0.2, 0.25) is 0 Å². The summed E-state index contributed by atoms with van der Waals surface area (Å²) in [4.78, 5) is 0. The lowest BCUT2D eigenvalue weighted by Gasteiger charge is -2.35. The molecule has 1 saturated heterocycles. The Hall–Kier alpha value is -1.11. The quantitative estimate of drug-likeness (QED) is 0.920. The fourth-order valence-electron chi connectivity index (χ4n) is 2.55. The van der Waals surface area contributed by atoms with Crippen molar-refractivity contribution in [1.82, 2.24) is 4.31 Å². The molecule has 2 rings (SSSR count). The summed E-state index contributed by atoms with van der Waals surface area (Å²) in [5.74, 6) is 0. The van der Waals surface area contributed by atoms with Gasteiger partial charge < -0.3 is 5.73 Å². The molecule has 1 aromatic carbocycles. The van der Waals surface area contributed by atoms with E-state index in [0.717, 1.165) is 24.8 Å². The van der Waals surface area contributed by atoms with Gasteiger partial charge >= 0.3 is 10.2 Å². The largest absolute Gasteiger partial charge is 0.326 e. The molecular formula is C14H23N3O2S. The van der Waals surface area contributed by atoms with Gasteiger partial charge in [-0.3, -0.25) is 4.31 Å². The summed E-state index contributed by atoms with van der Waals surface area (Å²) in [5.41, 5.74) is 7.22. The van der Waals surface area contributed by atoms with Crippen molar-refractivity contribution in [2.24, 2.45) is 5.73 Å². The average molecular weight is 297 g/mol. The topological polar surface area (TPSA) is 66.6 Å². The number of rotatable bonds is 4. The minimum atomic E-state index is -3.45. The number of hydrogen-bond donors (Lipinski definition) is 1. The van der Waals surface area contributed by atoms with Gasteiger partial charge in [-0.2, -0.15) is 12.7 Å². The maximum absolute atomic E-state index is 12.7. The molecule has 1 fully saturated rings. The summed E-state index contributed by atoms with van der Waals surface area (Å²) in [5, 5.41) is 0. The van der Waals surface area contributed by atoms with E-state index in [1.165, 1.54) is 4.31 Å². The maximum atomic E-state index is 12.7. The molecule has 1 atom stereocenters. The van der Waals surface area contributed by atoms with Crippen molar-refractivity contribution >= 4 is 15.9 Å². The molecule has 0 saturated carbocycles. The summed E-state index contributed by atoms with van der Waals surface area (Å²) in [6.45, 7) is 3.04. The fourth-order valence-corrected chi connectivity index (χ4v) is 4.17. The molecule has 1 aliphatic rings. The molecule has 20 heavy (non-hydrogen) atoms. The second kappa shape index (κ2) is 6.11. The Bertz CT molecular complexity index is 542. The van der Waals surface area contributed by atoms with Crippen molar-refractivity contribution in [3.8, 4) is 0 Å². The molecule has 0 amide bonds. The van der Waals surface area contributed by atoms with Gasteiger partial charge in [0.25, 0.3) is 0 Å². The van der Waals surface area contributed by atoms with Crippen molar-refractivity contribution < 1.29 is 8.42 Å². The zero-order valence-electron chi connectivity index (χ0n) is 12.1.